The minimum Gasteiger partial charge on any atom is -0.773 e. The smallest absolute Gasteiger partial charge is 0.773 e. The predicted octanol–water partition coefficient (Wildman–Crippen LogP) is 2.59. The largest absolute Gasteiger partial charge is 1.00 e. The molecule has 1 heterocycles. The zero-order valence-corrected chi connectivity index (χ0v) is 29.7. The Balaban J connectivity index is 0.000000909. The molecule has 0 saturated carbocycles. The van der Waals surface area contributed by atoms with E-state index < -0.39 is 21.2 Å². The first-order valence-electron chi connectivity index (χ1n) is 14.0. The van der Waals surface area contributed by atoms with Crippen molar-refractivity contribution >= 4 is 49.2 Å². The molecule has 1 unspecified atom stereocenters. The number of hydrogen-bond donors (Lipinski definition) is 2. The Kier molecular flexibility index (Phi) is 11.4. The van der Waals surface area contributed by atoms with Gasteiger partial charge in [-0.05, 0) is 62.9 Å². The topological polar surface area (TPSA) is 136 Å². The van der Waals surface area contributed by atoms with Gasteiger partial charge in [0.05, 0.1) is 11.0 Å². The minimum absolute atomic E-state index is 0. The third-order valence-corrected chi connectivity index (χ3v) is 8.22. The van der Waals surface area contributed by atoms with Crippen molar-refractivity contribution in [1.82, 2.24) is 0 Å². The summed E-state index contributed by atoms with van der Waals surface area (Å²) >= 11 is -1.86. The molecule has 6 rings (SSSR count). The van der Waals surface area contributed by atoms with E-state index in [0.717, 1.165) is 45.4 Å². The van der Waals surface area contributed by atoms with Gasteiger partial charge in [0.25, 0.3) is 0 Å². The molecule has 1 atom stereocenters. The Bertz CT molecular complexity index is 2190. The number of hydrogen-bond acceptors (Lipinski definition) is 7. The van der Waals surface area contributed by atoms with E-state index in [1.54, 1.807) is 18.2 Å². The molecule has 0 fully saturated rings. The quantitative estimate of drug-likeness (QED) is 0.125. The fraction of sp³-hybridized carbons (Fsp3) is 0.114. The summed E-state index contributed by atoms with van der Waals surface area (Å²) in [6, 6.07) is 31.9. The zero-order valence-electron chi connectivity index (χ0n) is 26.1. The number of fused-ring (bicyclic) bond motifs is 2. The van der Waals surface area contributed by atoms with E-state index >= 15 is 0 Å². The summed E-state index contributed by atoms with van der Waals surface area (Å²) < 4.78 is 61.4. The second-order valence-corrected chi connectivity index (χ2v) is 12.7. The molecule has 230 valence electrons. The molecule has 0 amide bonds. The SMILES string of the molecule is CS(=O)[O-].Cc1ccccc1Nc1ccc2c(-c3ccccc3S(=O)(=O)[O-])c3ccc(=[NH+]c4c(C)cccc4C)cc-3oc2c1.[Na+]. The van der Waals surface area contributed by atoms with Crippen LogP contribution in [0.3, 0.4) is 0 Å². The van der Waals surface area contributed by atoms with Gasteiger partial charge in [-0.25, -0.2) is 13.4 Å². The van der Waals surface area contributed by atoms with Crippen LogP contribution in [0.4, 0.5) is 17.1 Å². The van der Waals surface area contributed by atoms with Crippen molar-refractivity contribution in [3.63, 3.8) is 0 Å². The van der Waals surface area contributed by atoms with Crippen molar-refractivity contribution in [3.8, 4) is 22.5 Å². The van der Waals surface area contributed by atoms with E-state index in [1.165, 1.54) is 6.07 Å². The van der Waals surface area contributed by atoms with Gasteiger partial charge in [0.2, 0.25) is 11.0 Å². The van der Waals surface area contributed by atoms with Gasteiger partial charge in [-0.3, -0.25) is 4.21 Å². The summed E-state index contributed by atoms with van der Waals surface area (Å²) in [4.78, 5) is 3.24. The van der Waals surface area contributed by atoms with Crippen molar-refractivity contribution in [2.45, 2.75) is 25.7 Å². The zero-order chi connectivity index (χ0) is 32.3. The first-order valence-corrected chi connectivity index (χ1v) is 16.9. The molecule has 0 bridgehead atoms. The molecular weight excluding hydrogens is 632 g/mol. The Morgan fingerprint density at radius 2 is 1.41 bits per heavy atom. The third-order valence-electron chi connectivity index (χ3n) is 7.32. The molecule has 1 aliphatic carbocycles. The van der Waals surface area contributed by atoms with Crippen LogP contribution in [0.2, 0.25) is 0 Å². The van der Waals surface area contributed by atoms with Crippen LogP contribution in [0.15, 0.2) is 112 Å². The van der Waals surface area contributed by atoms with E-state index in [1.807, 2.05) is 73.7 Å². The van der Waals surface area contributed by atoms with Crippen molar-refractivity contribution in [1.29, 1.82) is 0 Å². The molecular formula is C35H31N2NaO6S2. The number of para-hydroxylation sites is 2. The molecule has 1 aliphatic heterocycles. The maximum Gasteiger partial charge on any atom is 1.00 e. The van der Waals surface area contributed by atoms with Crippen LogP contribution >= 0.6 is 0 Å². The van der Waals surface area contributed by atoms with E-state index in [2.05, 4.69) is 36.3 Å². The summed E-state index contributed by atoms with van der Waals surface area (Å²) in [5.74, 6) is 0.551. The Hall–Kier alpha value is -3.61. The van der Waals surface area contributed by atoms with Crippen molar-refractivity contribution in [2.75, 3.05) is 11.6 Å². The number of aryl methyl sites for hydroxylation is 3. The Labute approximate surface area is 292 Å². The number of benzene rings is 5. The van der Waals surface area contributed by atoms with Crippen molar-refractivity contribution in [2.24, 2.45) is 0 Å². The van der Waals surface area contributed by atoms with Gasteiger partial charge in [-0.15, -0.1) is 0 Å². The molecule has 0 spiro atoms. The summed E-state index contributed by atoms with van der Waals surface area (Å²) in [6.07, 6.45) is 1.08. The molecule has 8 nitrogen and oxygen atoms in total. The van der Waals surface area contributed by atoms with Crippen molar-refractivity contribution < 1.29 is 60.7 Å². The number of anilines is 2. The standard InChI is InChI=1S/C34H28N2O4S.CH4O2S.Na/c1-21-9-4-6-13-29(21)35-24-15-17-26-30(19-24)40-31-20-25(36-34-22(2)10-8-11-23(34)3)16-18-27(31)33(26)28-12-5-7-14-32(28)41(37,38)39;1-4(2)3;/h4-20,35H,1-3H3,(H,37,38,39);1H3,(H,2,3);/q;;+1/p-1. The van der Waals surface area contributed by atoms with Gasteiger partial charge in [0.15, 0.2) is 0 Å². The normalized spacial score (nSPS) is 12.3. The summed E-state index contributed by atoms with van der Waals surface area (Å²) in [5.41, 5.74) is 8.33. The monoisotopic (exact) mass is 662 g/mol. The van der Waals surface area contributed by atoms with Crippen molar-refractivity contribution in [3.05, 3.63) is 125 Å². The first kappa shape index (κ1) is 35.2. The fourth-order valence-corrected chi connectivity index (χ4v) is 5.94. The molecule has 46 heavy (non-hydrogen) atoms. The van der Waals surface area contributed by atoms with Crippen LogP contribution < -0.4 is 45.2 Å². The van der Waals surface area contributed by atoms with E-state index in [-0.39, 0.29) is 34.5 Å². The maximum atomic E-state index is 12.3. The molecule has 4 aromatic carbocycles. The molecule has 0 radical (unpaired) electrons. The average molecular weight is 663 g/mol. The minimum atomic E-state index is -4.74. The predicted molar refractivity (Wildman–Crippen MR) is 175 cm³/mol. The van der Waals surface area contributed by atoms with Crippen LogP contribution in [-0.4, -0.2) is 28.0 Å². The van der Waals surface area contributed by atoms with E-state index in [0.29, 0.717) is 33.4 Å². The van der Waals surface area contributed by atoms with Gasteiger partial charge < -0.3 is 18.8 Å². The number of nitrogens with one attached hydrogen (secondary N) is 2. The van der Waals surface area contributed by atoms with Crippen LogP contribution in [-0.2, 0) is 21.2 Å². The molecule has 0 aromatic heterocycles. The van der Waals surface area contributed by atoms with Gasteiger partial charge >= 0.3 is 29.6 Å². The third kappa shape index (κ3) is 8.02. The van der Waals surface area contributed by atoms with Gasteiger partial charge in [-0.2, -0.15) is 0 Å². The Morgan fingerprint density at radius 1 is 0.783 bits per heavy atom. The van der Waals surface area contributed by atoms with E-state index in [4.69, 9.17) is 13.2 Å². The molecule has 2 N–H and O–H groups in total. The summed E-state index contributed by atoms with van der Waals surface area (Å²) in [5, 5.41) is 4.96. The van der Waals surface area contributed by atoms with Gasteiger partial charge in [0.1, 0.15) is 21.5 Å². The molecule has 11 heteroatoms. The number of rotatable bonds is 5. The molecule has 2 aliphatic rings. The second kappa shape index (κ2) is 14.9. The second-order valence-electron chi connectivity index (χ2n) is 10.6. The average Bonchev–Trinajstić information content (AvgIpc) is 2.98. The van der Waals surface area contributed by atoms with E-state index in [9.17, 15) is 13.0 Å². The van der Waals surface area contributed by atoms with Crippen LogP contribution in [0.5, 0.6) is 0 Å². The first-order chi connectivity index (χ1) is 21.4. The Morgan fingerprint density at radius 3 is 2.09 bits per heavy atom. The van der Waals surface area contributed by atoms with Crippen LogP contribution in [0.25, 0.3) is 33.4 Å². The molecule has 0 saturated heterocycles. The van der Waals surface area contributed by atoms with Crippen LogP contribution in [0, 0.1) is 20.8 Å². The van der Waals surface area contributed by atoms with Gasteiger partial charge in [0, 0.05) is 56.7 Å². The summed E-state index contributed by atoms with van der Waals surface area (Å²) in [6.45, 7) is 6.13. The maximum absolute atomic E-state index is 12.3. The molecule has 4 aromatic rings. The summed E-state index contributed by atoms with van der Waals surface area (Å²) in [7, 11) is -4.74. The van der Waals surface area contributed by atoms with Gasteiger partial charge in [-0.1, -0.05) is 65.7 Å². The fourth-order valence-electron chi connectivity index (χ4n) is 5.25. The van der Waals surface area contributed by atoms with Crippen LogP contribution in [0.1, 0.15) is 16.7 Å².